The standard InChI is InChI=1S/C15H21Cl2N3O.C5H11N/c16-13-4-3-5-14(15(13)17)20-10-8-19(9-11-20)7-2-1-6-18-12-21;1-5-3-2-4-6-5/h3-5,12H,1-2,6-11H2,(H,18,21);5-6H,2-4H2,1H3. The molecule has 0 spiro atoms. The van der Waals surface area contributed by atoms with Gasteiger partial charge < -0.3 is 15.5 Å². The number of anilines is 1. The summed E-state index contributed by atoms with van der Waals surface area (Å²) < 4.78 is 0. The first kappa shape index (κ1) is 22.3. The lowest BCUT2D eigenvalue weighted by molar-refractivity contribution is -0.109. The predicted molar refractivity (Wildman–Crippen MR) is 115 cm³/mol. The third-order valence-corrected chi connectivity index (χ3v) is 5.89. The van der Waals surface area contributed by atoms with Gasteiger partial charge in [0.1, 0.15) is 0 Å². The van der Waals surface area contributed by atoms with Crippen molar-refractivity contribution in [2.24, 2.45) is 0 Å². The maximum absolute atomic E-state index is 10.1. The van der Waals surface area contributed by atoms with Crippen LogP contribution in [0.2, 0.25) is 10.0 Å². The van der Waals surface area contributed by atoms with Gasteiger partial charge in [-0.2, -0.15) is 0 Å². The molecule has 152 valence electrons. The summed E-state index contributed by atoms with van der Waals surface area (Å²) in [5, 5.41) is 7.27. The van der Waals surface area contributed by atoms with Crippen molar-refractivity contribution in [3.05, 3.63) is 28.2 Å². The van der Waals surface area contributed by atoms with Gasteiger partial charge in [-0.05, 0) is 57.8 Å². The minimum atomic E-state index is 0.610. The smallest absolute Gasteiger partial charge is 0.207 e. The monoisotopic (exact) mass is 414 g/mol. The Morgan fingerprint density at radius 2 is 2.00 bits per heavy atom. The average molecular weight is 415 g/mol. The zero-order valence-electron chi connectivity index (χ0n) is 16.2. The highest BCUT2D eigenvalue weighted by Gasteiger charge is 2.19. The molecule has 2 aliphatic rings. The Labute approximate surface area is 173 Å². The normalized spacial score (nSPS) is 20.1. The Kier molecular flexibility index (Phi) is 10.3. The number of benzene rings is 1. The molecule has 5 nitrogen and oxygen atoms in total. The van der Waals surface area contributed by atoms with Gasteiger partial charge in [-0.1, -0.05) is 29.3 Å². The summed E-state index contributed by atoms with van der Waals surface area (Å²) in [6.07, 6.45) is 5.65. The maximum atomic E-state index is 10.1. The molecule has 1 aromatic carbocycles. The van der Waals surface area contributed by atoms with Crippen LogP contribution in [0, 0.1) is 0 Å². The number of nitrogens with zero attached hydrogens (tertiary/aromatic N) is 2. The van der Waals surface area contributed by atoms with Gasteiger partial charge in [0.2, 0.25) is 6.41 Å². The molecule has 2 fully saturated rings. The largest absolute Gasteiger partial charge is 0.368 e. The molecule has 0 aromatic heterocycles. The molecular weight excluding hydrogens is 383 g/mol. The summed E-state index contributed by atoms with van der Waals surface area (Å²) in [6, 6.07) is 6.58. The molecule has 0 bridgehead atoms. The van der Waals surface area contributed by atoms with E-state index in [1.54, 1.807) is 0 Å². The number of carbonyl (C=O) groups excluding carboxylic acids is 1. The van der Waals surface area contributed by atoms with Gasteiger partial charge in [-0.15, -0.1) is 0 Å². The van der Waals surface area contributed by atoms with Gasteiger partial charge in [0.15, 0.2) is 0 Å². The minimum absolute atomic E-state index is 0.610. The Morgan fingerprint density at radius 3 is 2.59 bits per heavy atom. The van der Waals surface area contributed by atoms with Crippen LogP contribution >= 0.6 is 23.2 Å². The number of halogens is 2. The van der Waals surface area contributed by atoms with Crippen LogP contribution in [0.5, 0.6) is 0 Å². The predicted octanol–water partition coefficient (Wildman–Crippen LogP) is 3.40. The summed E-state index contributed by atoms with van der Waals surface area (Å²) in [5.41, 5.74) is 1.03. The Balaban J connectivity index is 0.000000369. The lowest BCUT2D eigenvalue weighted by Crippen LogP contribution is -2.46. The lowest BCUT2D eigenvalue weighted by Gasteiger charge is -2.36. The molecule has 2 N–H and O–H groups in total. The van der Waals surface area contributed by atoms with Crippen LogP contribution in [0.25, 0.3) is 0 Å². The highest BCUT2D eigenvalue weighted by molar-refractivity contribution is 6.43. The number of nitrogens with one attached hydrogen (secondary N) is 2. The van der Waals surface area contributed by atoms with Crippen LogP contribution in [0.15, 0.2) is 18.2 Å². The molecule has 0 saturated carbocycles. The molecule has 1 atom stereocenters. The Morgan fingerprint density at radius 1 is 1.22 bits per heavy atom. The highest BCUT2D eigenvalue weighted by Crippen LogP contribution is 2.32. The average Bonchev–Trinajstić information content (AvgIpc) is 3.16. The van der Waals surface area contributed by atoms with E-state index < -0.39 is 0 Å². The van der Waals surface area contributed by atoms with Crippen LogP contribution in [0.3, 0.4) is 0 Å². The molecule has 1 unspecified atom stereocenters. The van der Waals surface area contributed by atoms with Gasteiger partial charge in [0.05, 0.1) is 15.7 Å². The third-order valence-electron chi connectivity index (χ3n) is 5.08. The summed E-state index contributed by atoms with van der Waals surface area (Å²) >= 11 is 12.3. The van der Waals surface area contributed by atoms with E-state index in [1.165, 1.54) is 19.4 Å². The van der Waals surface area contributed by atoms with Crippen molar-refractivity contribution in [1.29, 1.82) is 0 Å². The number of hydrogen-bond acceptors (Lipinski definition) is 4. The van der Waals surface area contributed by atoms with Crippen molar-refractivity contribution in [3.63, 3.8) is 0 Å². The van der Waals surface area contributed by atoms with E-state index in [4.69, 9.17) is 23.2 Å². The van der Waals surface area contributed by atoms with Crippen LogP contribution < -0.4 is 15.5 Å². The SMILES string of the molecule is CC1CCCN1.O=CNCCCCN1CCN(c2cccc(Cl)c2Cl)CC1. The minimum Gasteiger partial charge on any atom is -0.368 e. The quantitative estimate of drug-likeness (QED) is 0.530. The number of hydrogen-bond donors (Lipinski definition) is 2. The topological polar surface area (TPSA) is 47.6 Å². The van der Waals surface area contributed by atoms with E-state index >= 15 is 0 Å². The maximum Gasteiger partial charge on any atom is 0.207 e. The van der Waals surface area contributed by atoms with Gasteiger partial charge >= 0.3 is 0 Å². The van der Waals surface area contributed by atoms with Crippen LogP contribution in [-0.2, 0) is 4.79 Å². The van der Waals surface area contributed by atoms with Gasteiger partial charge in [0.25, 0.3) is 0 Å². The molecule has 0 aliphatic carbocycles. The third kappa shape index (κ3) is 7.86. The number of carbonyl (C=O) groups is 1. The second-order valence-corrected chi connectivity index (χ2v) is 7.96. The molecule has 2 aliphatic heterocycles. The zero-order chi connectivity index (χ0) is 19.5. The molecular formula is C20H32Cl2N4O. The van der Waals surface area contributed by atoms with E-state index in [1.807, 2.05) is 18.2 Å². The molecule has 2 heterocycles. The number of piperazine rings is 1. The summed E-state index contributed by atoms with van der Waals surface area (Å²) in [6.45, 7) is 9.31. The second-order valence-electron chi connectivity index (χ2n) is 7.18. The first-order valence-corrected chi connectivity index (χ1v) is 10.7. The Hall–Kier alpha value is -1.01. The number of unbranched alkanes of at least 4 members (excludes halogenated alkanes) is 1. The fraction of sp³-hybridized carbons (Fsp3) is 0.650. The van der Waals surface area contributed by atoms with E-state index in [9.17, 15) is 4.79 Å². The van der Waals surface area contributed by atoms with Crippen molar-refractivity contribution < 1.29 is 4.79 Å². The van der Waals surface area contributed by atoms with Crippen LogP contribution in [0.4, 0.5) is 5.69 Å². The lowest BCUT2D eigenvalue weighted by atomic mass is 10.2. The van der Waals surface area contributed by atoms with Gasteiger partial charge in [-0.25, -0.2) is 0 Å². The Bertz CT molecular complexity index is 559. The molecule has 7 heteroatoms. The van der Waals surface area contributed by atoms with E-state index in [0.717, 1.165) is 70.2 Å². The molecule has 27 heavy (non-hydrogen) atoms. The molecule has 1 aromatic rings. The first-order chi connectivity index (χ1) is 13.1. The molecule has 0 radical (unpaired) electrons. The van der Waals surface area contributed by atoms with Crippen molar-refractivity contribution >= 4 is 35.3 Å². The number of rotatable bonds is 7. The van der Waals surface area contributed by atoms with Crippen molar-refractivity contribution in [3.8, 4) is 0 Å². The molecule has 3 rings (SSSR count). The highest BCUT2D eigenvalue weighted by atomic mass is 35.5. The van der Waals surface area contributed by atoms with Crippen molar-refractivity contribution in [1.82, 2.24) is 15.5 Å². The van der Waals surface area contributed by atoms with Crippen molar-refractivity contribution in [2.45, 2.75) is 38.6 Å². The van der Waals surface area contributed by atoms with E-state index in [0.29, 0.717) is 10.0 Å². The van der Waals surface area contributed by atoms with E-state index in [-0.39, 0.29) is 0 Å². The molecule has 1 amide bonds. The summed E-state index contributed by atoms with van der Waals surface area (Å²) in [7, 11) is 0. The molecule has 2 saturated heterocycles. The summed E-state index contributed by atoms with van der Waals surface area (Å²) in [5.74, 6) is 0. The first-order valence-electron chi connectivity index (χ1n) is 9.93. The number of amides is 1. The van der Waals surface area contributed by atoms with E-state index in [2.05, 4.69) is 27.4 Å². The van der Waals surface area contributed by atoms with Crippen molar-refractivity contribution in [2.75, 3.05) is 50.7 Å². The second kappa shape index (κ2) is 12.4. The zero-order valence-corrected chi connectivity index (χ0v) is 17.7. The van der Waals surface area contributed by atoms with Crippen LogP contribution in [0.1, 0.15) is 32.6 Å². The van der Waals surface area contributed by atoms with Crippen LogP contribution in [-0.4, -0.2) is 63.2 Å². The fourth-order valence-corrected chi connectivity index (χ4v) is 3.84. The fourth-order valence-electron chi connectivity index (χ4n) is 3.43. The van der Waals surface area contributed by atoms with Gasteiger partial charge in [-0.3, -0.25) is 9.69 Å². The summed E-state index contributed by atoms with van der Waals surface area (Å²) in [4.78, 5) is 14.9. The van der Waals surface area contributed by atoms with Gasteiger partial charge in [0, 0.05) is 38.8 Å².